The van der Waals surface area contributed by atoms with E-state index < -0.39 is 5.60 Å². The molecule has 0 saturated carbocycles. The summed E-state index contributed by atoms with van der Waals surface area (Å²) < 4.78 is 14.2. The van der Waals surface area contributed by atoms with E-state index in [4.69, 9.17) is 21.1 Å². The Morgan fingerprint density at radius 1 is 1.26 bits per heavy atom. The predicted octanol–water partition coefficient (Wildman–Crippen LogP) is 5.24. The molecule has 2 aromatic rings. The molecule has 1 amide bonds. The first-order valence-corrected chi connectivity index (χ1v) is 11.0. The number of amides is 1. The number of carbonyl (C=O) groups excluding carboxylic acids is 1. The van der Waals surface area contributed by atoms with Gasteiger partial charge in [-0.05, 0) is 55.5 Å². The molecule has 3 heterocycles. The summed E-state index contributed by atoms with van der Waals surface area (Å²) >= 11 is 6.27. The van der Waals surface area contributed by atoms with Gasteiger partial charge in [0.2, 0.25) is 0 Å². The Balaban J connectivity index is 1.50. The van der Waals surface area contributed by atoms with Gasteiger partial charge in [0.05, 0.1) is 18.8 Å². The number of likely N-dealkylation sites (tertiary alicyclic amines) is 1. The Bertz CT molecular complexity index is 1010. The Morgan fingerprint density at radius 2 is 2.00 bits per heavy atom. The van der Waals surface area contributed by atoms with Crippen LogP contribution < -0.4 is 4.74 Å². The van der Waals surface area contributed by atoms with Gasteiger partial charge in [-0.25, -0.2) is 0 Å². The third-order valence-corrected chi connectivity index (χ3v) is 6.03. The van der Waals surface area contributed by atoms with Crippen molar-refractivity contribution in [3.8, 4) is 5.75 Å². The predicted molar refractivity (Wildman–Crippen MR) is 122 cm³/mol. The van der Waals surface area contributed by atoms with Crippen LogP contribution in [0.2, 0.25) is 0 Å². The molecule has 0 bridgehead atoms. The van der Waals surface area contributed by atoms with Gasteiger partial charge >= 0.3 is 0 Å². The molecule has 31 heavy (non-hydrogen) atoms. The third-order valence-electron chi connectivity index (χ3n) is 5.80. The van der Waals surface area contributed by atoms with E-state index >= 15 is 0 Å². The van der Waals surface area contributed by atoms with Crippen molar-refractivity contribution in [3.05, 3.63) is 89.5 Å². The highest BCUT2D eigenvalue weighted by molar-refractivity contribution is 6.31. The number of rotatable bonds is 5. The van der Waals surface area contributed by atoms with Crippen molar-refractivity contribution < 1.29 is 14.3 Å². The van der Waals surface area contributed by atoms with Gasteiger partial charge < -0.3 is 18.9 Å². The second-order valence-electron chi connectivity index (χ2n) is 7.77. The number of piperidine rings is 1. The van der Waals surface area contributed by atoms with E-state index in [-0.39, 0.29) is 5.91 Å². The standard InChI is InChI=1S/C25H27ClN2O3/c1-3-6-20(26)17-22-18-28-14-5-7-23(28)25(31-22)12-15-27(16-13-25)24(29)19-8-10-21(11-9-19)30-4-2/h3,5-11,14,17H,1,4,12-13,15-16,18H2,2H3/b20-6+,22-17+. The van der Waals surface area contributed by atoms with Crippen LogP contribution in [0, 0.1) is 0 Å². The zero-order valence-corrected chi connectivity index (χ0v) is 18.5. The number of ether oxygens (including phenoxy) is 2. The Labute approximate surface area is 188 Å². The lowest BCUT2D eigenvalue weighted by Gasteiger charge is -2.45. The molecule has 2 aliphatic heterocycles. The SMILES string of the molecule is C=C/C=C(Cl)\C=C1/Cn2cccc2C2(CCN(C(=O)c3ccc(OCC)cc3)CC2)O1. The monoisotopic (exact) mass is 438 g/mol. The summed E-state index contributed by atoms with van der Waals surface area (Å²) in [7, 11) is 0. The van der Waals surface area contributed by atoms with Crippen molar-refractivity contribution in [2.24, 2.45) is 0 Å². The molecule has 1 spiro atoms. The number of aromatic nitrogens is 1. The highest BCUT2D eigenvalue weighted by Crippen LogP contribution is 2.42. The zero-order valence-electron chi connectivity index (χ0n) is 17.7. The van der Waals surface area contributed by atoms with E-state index in [9.17, 15) is 4.79 Å². The van der Waals surface area contributed by atoms with E-state index in [1.54, 1.807) is 12.2 Å². The maximum absolute atomic E-state index is 13.0. The second-order valence-corrected chi connectivity index (χ2v) is 8.20. The van der Waals surface area contributed by atoms with Gasteiger partial charge in [0.1, 0.15) is 11.5 Å². The van der Waals surface area contributed by atoms with Crippen LogP contribution in [0.3, 0.4) is 0 Å². The van der Waals surface area contributed by atoms with E-state index in [1.807, 2.05) is 48.2 Å². The Kier molecular flexibility index (Phi) is 6.23. The highest BCUT2D eigenvalue weighted by atomic mass is 35.5. The van der Waals surface area contributed by atoms with Crippen LogP contribution in [0.1, 0.15) is 35.8 Å². The van der Waals surface area contributed by atoms with Gasteiger partial charge in [-0.2, -0.15) is 0 Å². The molecule has 0 N–H and O–H groups in total. The minimum Gasteiger partial charge on any atom is -0.494 e. The molecule has 1 aromatic carbocycles. The molecule has 162 valence electrons. The lowest BCUT2D eigenvalue weighted by atomic mass is 9.86. The molecular weight excluding hydrogens is 412 g/mol. The topological polar surface area (TPSA) is 43.7 Å². The quantitative estimate of drug-likeness (QED) is 0.599. The molecular formula is C25H27ClN2O3. The van der Waals surface area contributed by atoms with Crippen molar-refractivity contribution >= 4 is 17.5 Å². The Hall–Kier alpha value is -2.92. The largest absolute Gasteiger partial charge is 0.494 e. The van der Waals surface area contributed by atoms with E-state index in [0.717, 1.165) is 30.0 Å². The van der Waals surface area contributed by atoms with Crippen molar-refractivity contribution in [1.82, 2.24) is 9.47 Å². The van der Waals surface area contributed by atoms with E-state index in [1.165, 1.54) is 0 Å². The average molecular weight is 439 g/mol. The van der Waals surface area contributed by atoms with Crippen molar-refractivity contribution in [2.45, 2.75) is 31.9 Å². The number of hydrogen-bond donors (Lipinski definition) is 0. The fraction of sp³-hybridized carbons (Fsp3) is 0.320. The molecule has 1 saturated heterocycles. The first kappa shape index (κ1) is 21.3. The van der Waals surface area contributed by atoms with Gasteiger partial charge in [0.25, 0.3) is 5.91 Å². The first-order chi connectivity index (χ1) is 15.0. The summed E-state index contributed by atoms with van der Waals surface area (Å²) in [5.41, 5.74) is 1.38. The fourth-order valence-electron chi connectivity index (χ4n) is 4.33. The summed E-state index contributed by atoms with van der Waals surface area (Å²) in [6, 6.07) is 11.5. The van der Waals surface area contributed by atoms with E-state index in [0.29, 0.717) is 36.8 Å². The van der Waals surface area contributed by atoms with E-state index in [2.05, 4.69) is 23.4 Å². The van der Waals surface area contributed by atoms with Crippen LogP contribution in [0.4, 0.5) is 0 Å². The molecule has 0 unspecified atom stereocenters. The smallest absolute Gasteiger partial charge is 0.253 e. The zero-order chi connectivity index (χ0) is 21.8. The Morgan fingerprint density at radius 3 is 2.68 bits per heavy atom. The van der Waals surface area contributed by atoms with Gasteiger partial charge in [-0.1, -0.05) is 24.3 Å². The van der Waals surface area contributed by atoms with Gasteiger partial charge in [-0.15, -0.1) is 0 Å². The highest BCUT2D eigenvalue weighted by Gasteiger charge is 2.44. The van der Waals surface area contributed by atoms with Crippen molar-refractivity contribution in [2.75, 3.05) is 19.7 Å². The lowest BCUT2D eigenvalue weighted by Crippen LogP contribution is -2.48. The summed E-state index contributed by atoms with van der Waals surface area (Å²) in [5.74, 6) is 1.63. The van der Waals surface area contributed by atoms with Crippen LogP contribution in [0.25, 0.3) is 0 Å². The number of benzene rings is 1. The molecule has 4 rings (SSSR count). The number of halogens is 1. The van der Waals surface area contributed by atoms with Gasteiger partial charge in [-0.3, -0.25) is 4.79 Å². The molecule has 6 heteroatoms. The van der Waals surface area contributed by atoms with Gasteiger partial charge in [0.15, 0.2) is 5.60 Å². The van der Waals surface area contributed by atoms with Crippen molar-refractivity contribution in [3.63, 3.8) is 0 Å². The number of allylic oxidation sites excluding steroid dienone is 5. The molecule has 2 aliphatic rings. The molecule has 0 radical (unpaired) electrons. The number of fused-ring (bicyclic) bond motifs is 2. The average Bonchev–Trinajstić information content (AvgIpc) is 3.24. The van der Waals surface area contributed by atoms with Crippen LogP contribution >= 0.6 is 11.6 Å². The maximum atomic E-state index is 13.0. The third kappa shape index (κ3) is 4.42. The molecule has 0 aliphatic carbocycles. The molecule has 1 aromatic heterocycles. The fourth-order valence-corrected chi connectivity index (χ4v) is 4.54. The lowest BCUT2D eigenvalue weighted by molar-refractivity contribution is -0.0702. The minimum absolute atomic E-state index is 0.0387. The molecule has 5 nitrogen and oxygen atoms in total. The summed E-state index contributed by atoms with van der Waals surface area (Å²) in [6.45, 7) is 8.13. The summed E-state index contributed by atoms with van der Waals surface area (Å²) in [6.07, 6.45) is 8.76. The van der Waals surface area contributed by atoms with Crippen molar-refractivity contribution in [1.29, 1.82) is 0 Å². The van der Waals surface area contributed by atoms with Crippen LogP contribution in [0.15, 0.2) is 78.2 Å². The maximum Gasteiger partial charge on any atom is 0.253 e. The van der Waals surface area contributed by atoms with Crippen LogP contribution in [-0.2, 0) is 16.9 Å². The van der Waals surface area contributed by atoms with Gasteiger partial charge in [0, 0.05) is 42.7 Å². The number of nitrogens with zero attached hydrogens (tertiary/aromatic N) is 2. The van der Waals surface area contributed by atoms with Crippen LogP contribution in [-0.4, -0.2) is 35.1 Å². The summed E-state index contributed by atoms with van der Waals surface area (Å²) in [5, 5.41) is 0.582. The molecule has 1 fully saturated rings. The number of carbonyl (C=O) groups is 1. The minimum atomic E-state index is -0.450. The first-order valence-electron chi connectivity index (χ1n) is 10.6. The number of hydrogen-bond acceptors (Lipinski definition) is 3. The van der Waals surface area contributed by atoms with Crippen LogP contribution in [0.5, 0.6) is 5.75 Å². The second kappa shape index (κ2) is 9.06. The molecule has 0 atom stereocenters. The normalized spacial score (nSPS) is 19.1. The summed E-state index contributed by atoms with van der Waals surface area (Å²) in [4.78, 5) is 14.9.